The average Bonchev–Trinajstić information content (AvgIpc) is 2.53. The van der Waals surface area contributed by atoms with Gasteiger partial charge in [-0.2, -0.15) is 0 Å². The van der Waals surface area contributed by atoms with Crippen LogP contribution in [-0.4, -0.2) is 27.0 Å². The van der Waals surface area contributed by atoms with Gasteiger partial charge in [0, 0.05) is 28.9 Å². The molecule has 25 heavy (non-hydrogen) atoms. The highest BCUT2D eigenvalue weighted by Crippen LogP contribution is 2.24. The molecule has 2 rings (SSSR count). The molecule has 0 saturated carbocycles. The number of hydrogen-bond donors (Lipinski definition) is 3. The largest absolute Gasteiger partial charge is 0.326 e. The van der Waals surface area contributed by atoms with Gasteiger partial charge in [0.15, 0.2) is 0 Å². The van der Waals surface area contributed by atoms with Crippen LogP contribution in [0.1, 0.15) is 25.2 Å². The minimum Gasteiger partial charge on any atom is -0.326 e. The molecule has 0 fully saturated rings. The fourth-order valence-electron chi connectivity index (χ4n) is 2.08. The van der Waals surface area contributed by atoms with E-state index in [2.05, 4.69) is 26.1 Å². The first kappa shape index (κ1) is 18.7. The summed E-state index contributed by atoms with van der Waals surface area (Å²) in [5.74, 6) is 0.0641. The van der Waals surface area contributed by atoms with Gasteiger partial charge in [0.25, 0.3) is 5.91 Å². The number of hydrazine groups is 1. The molecule has 7 nitrogen and oxygen atoms in total. The average molecular weight is 359 g/mol. The second kappa shape index (κ2) is 8.48. The highest BCUT2D eigenvalue weighted by atomic mass is 32.2. The number of amides is 2. The van der Waals surface area contributed by atoms with Crippen molar-refractivity contribution in [3.63, 3.8) is 0 Å². The Morgan fingerprint density at radius 2 is 1.68 bits per heavy atom. The predicted molar refractivity (Wildman–Crippen MR) is 99.3 cm³/mol. The van der Waals surface area contributed by atoms with E-state index >= 15 is 0 Å². The lowest BCUT2D eigenvalue weighted by Gasteiger charge is -2.13. The van der Waals surface area contributed by atoms with Gasteiger partial charge in [0.05, 0.1) is 5.25 Å². The van der Waals surface area contributed by atoms with Crippen molar-refractivity contribution in [2.75, 3.05) is 10.7 Å². The van der Waals surface area contributed by atoms with E-state index in [-0.39, 0.29) is 17.1 Å². The van der Waals surface area contributed by atoms with Crippen LogP contribution in [0.5, 0.6) is 0 Å². The monoisotopic (exact) mass is 359 g/mol. The lowest BCUT2D eigenvalue weighted by atomic mass is 10.3. The van der Waals surface area contributed by atoms with E-state index in [0.717, 1.165) is 22.0 Å². The Bertz CT molecular complexity index is 744. The fourth-order valence-corrected chi connectivity index (χ4v) is 2.95. The molecule has 0 aliphatic carbocycles. The zero-order valence-electron chi connectivity index (χ0n) is 14.6. The first-order valence-corrected chi connectivity index (χ1v) is 8.64. The van der Waals surface area contributed by atoms with E-state index in [1.165, 1.54) is 18.7 Å². The number of nitrogens with zero attached hydrogens (tertiary/aromatic N) is 2. The van der Waals surface area contributed by atoms with Crippen molar-refractivity contribution < 1.29 is 9.59 Å². The quantitative estimate of drug-likeness (QED) is 0.542. The van der Waals surface area contributed by atoms with E-state index in [1.807, 2.05) is 39.0 Å². The number of thioether (sulfide) groups is 1. The third kappa shape index (κ3) is 6.07. The van der Waals surface area contributed by atoms with Crippen LogP contribution in [0.15, 0.2) is 35.2 Å². The maximum absolute atomic E-state index is 12.2. The van der Waals surface area contributed by atoms with E-state index in [9.17, 15) is 9.59 Å². The molecule has 1 heterocycles. The molecule has 3 N–H and O–H groups in total. The van der Waals surface area contributed by atoms with Crippen molar-refractivity contribution in [1.82, 2.24) is 15.4 Å². The van der Waals surface area contributed by atoms with Gasteiger partial charge in [-0.05, 0) is 51.1 Å². The summed E-state index contributed by atoms with van der Waals surface area (Å²) in [7, 11) is 0. The molecule has 0 radical (unpaired) electrons. The lowest BCUT2D eigenvalue weighted by Crippen LogP contribution is -2.36. The van der Waals surface area contributed by atoms with E-state index in [0.29, 0.717) is 5.95 Å². The van der Waals surface area contributed by atoms with Crippen LogP contribution in [0.4, 0.5) is 11.6 Å². The van der Waals surface area contributed by atoms with Gasteiger partial charge in [-0.3, -0.25) is 20.4 Å². The molecule has 0 spiro atoms. The van der Waals surface area contributed by atoms with Crippen molar-refractivity contribution in [2.45, 2.75) is 37.8 Å². The van der Waals surface area contributed by atoms with Crippen molar-refractivity contribution in [3.8, 4) is 0 Å². The summed E-state index contributed by atoms with van der Waals surface area (Å²) >= 11 is 1.42. The van der Waals surface area contributed by atoms with Crippen molar-refractivity contribution >= 4 is 35.2 Å². The number of aryl methyl sites for hydroxylation is 2. The van der Waals surface area contributed by atoms with Crippen molar-refractivity contribution in [3.05, 3.63) is 41.7 Å². The molecule has 8 heteroatoms. The number of benzene rings is 1. The second-order valence-electron chi connectivity index (χ2n) is 5.55. The Morgan fingerprint density at radius 3 is 2.24 bits per heavy atom. The van der Waals surface area contributed by atoms with Gasteiger partial charge in [-0.25, -0.2) is 9.97 Å². The summed E-state index contributed by atoms with van der Waals surface area (Å²) < 4.78 is 0. The zero-order chi connectivity index (χ0) is 18.4. The number of anilines is 2. The molecule has 0 aliphatic rings. The molecular formula is C17H21N5O2S. The Hall–Kier alpha value is -2.61. The van der Waals surface area contributed by atoms with Crippen LogP contribution in [-0.2, 0) is 9.59 Å². The van der Waals surface area contributed by atoms with E-state index in [1.54, 1.807) is 12.1 Å². The highest BCUT2D eigenvalue weighted by molar-refractivity contribution is 8.00. The molecule has 1 aromatic heterocycles. The first-order chi connectivity index (χ1) is 11.8. The normalized spacial score (nSPS) is 11.5. The van der Waals surface area contributed by atoms with Gasteiger partial charge in [0.2, 0.25) is 11.9 Å². The summed E-state index contributed by atoms with van der Waals surface area (Å²) in [6.45, 7) is 7.00. The molecule has 0 bridgehead atoms. The number of rotatable bonds is 6. The Morgan fingerprint density at radius 1 is 1.08 bits per heavy atom. The molecule has 2 amide bonds. The minimum atomic E-state index is -0.315. The smallest absolute Gasteiger partial charge is 0.251 e. The standard InChI is InChI=1S/C17H21N5O2S/c1-10-9-11(2)19-17(18-10)22-21-16(24)12(3)25-15-7-5-14(6-8-15)20-13(4)23/h5-9,12H,1-4H3,(H,20,23)(H,21,24)(H,18,19,22). The van der Waals surface area contributed by atoms with Crippen LogP contribution in [0.3, 0.4) is 0 Å². The molecule has 0 saturated heterocycles. The third-order valence-electron chi connectivity index (χ3n) is 3.14. The van der Waals surface area contributed by atoms with Crippen LogP contribution in [0, 0.1) is 13.8 Å². The van der Waals surface area contributed by atoms with Crippen molar-refractivity contribution in [2.24, 2.45) is 0 Å². The Kier molecular flexibility index (Phi) is 6.35. The van der Waals surface area contributed by atoms with Crippen LogP contribution in [0.25, 0.3) is 0 Å². The topological polar surface area (TPSA) is 96.0 Å². The Balaban J connectivity index is 1.88. The second-order valence-corrected chi connectivity index (χ2v) is 6.97. The summed E-state index contributed by atoms with van der Waals surface area (Å²) in [6.07, 6.45) is 0. The number of nitrogens with one attached hydrogen (secondary N) is 3. The minimum absolute atomic E-state index is 0.118. The molecule has 1 atom stereocenters. The first-order valence-electron chi connectivity index (χ1n) is 7.76. The molecular weight excluding hydrogens is 338 g/mol. The maximum atomic E-state index is 12.2. The molecule has 1 unspecified atom stereocenters. The zero-order valence-corrected chi connectivity index (χ0v) is 15.4. The number of aromatic nitrogens is 2. The van der Waals surface area contributed by atoms with E-state index < -0.39 is 0 Å². The van der Waals surface area contributed by atoms with Crippen molar-refractivity contribution in [1.29, 1.82) is 0 Å². The highest BCUT2D eigenvalue weighted by Gasteiger charge is 2.14. The van der Waals surface area contributed by atoms with Gasteiger partial charge in [-0.15, -0.1) is 11.8 Å². The van der Waals surface area contributed by atoms with Crippen LogP contribution in [0.2, 0.25) is 0 Å². The lowest BCUT2D eigenvalue weighted by molar-refractivity contribution is -0.119. The maximum Gasteiger partial charge on any atom is 0.251 e. The third-order valence-corrected chi connectivity index (χ3v) is 4.25. The number of hydrogen-bond acceptors (Lipinski definition) is 6. The van der Waals surface area contributed by atoms with Crippen LogP contribution >= 0.6 is 11.8 Å². The van der Waals surface area contributed by atoms with Gasteiger partial charge in [-0.1, -0.05) is 0 Å². The Labute approximate surface area is 151 Å². The van der Waals surface area contributed by atoms with E-state index in [4.69, 9.17) is 0 Å². The summed E-state index contributed by atoms with van der Waals surface area (Å²) in [5.41, 5.74) is 7.73. The van der Waals surface area contributed by atoms with Gasteiger partial charge in [0.1, 0.15) is 0 Å². The molecule has 1 aromatic carbocycles. The predicted octanol–water partition coefficient (Wildman–Crippen LogP) is 2.68. The van der Waals surface area contributed by atoms with Crippen LogP contribution < -0.4 is 16.2 Å². The van der Waals surface area contributed by atoms with Gasteiger partial charge >= 0.3 is 0 Å². The summed E-state index contributed by atoms with van der Waals surface area (Å²) in [4.78, 5) is 32.5. The number of carbonyl (C=O) groups excluding carboxylic acids is 2. The summed E-state index contributed by atoms with van der Waals surface area (Å²) in [5, 5.41) is 2.39. The van der Waals surface area contributed by atoms with Gasteiger partial charge < -0.3 is 5.32 Å². The molecule has 0 aliphatic heterocycles. The SMILES string of the molecule is CC(=O)Nc1ccc(SC(C)C(=O)NNc2nc(C)cc(C)n2)cc1. The molecule has 2 aromatic rings. The molecule has 132 valence electrons. The summed E-state index contributed by atoms with van der Waals surface area (Å²) in [6, 6.07) is 9.18. The fraction of sp³-hybridized carbons (Fsp3) is 0.294. The number of carbonyl (C=O) groups is 2.